The lowest BCUT2D eigenvalue weighted by Crippen LogP contribution is -2.56. The lowest BCUT2D eigenvalue weighted by molar-refractivity contribution is -0.143. The van der Waals surface area contributed by atoms with Crippen LogP contribution in [0.3, 0.4) is 0 Å². The first-order valence-corrected chi connectivity index (χ1v) is 15.4. The highest BCUT2D eigenvalue weighted by atomic mass is 19.1. The van der Waals surface area contributed by atoms with Crippen LogP contribution in [0.1, 0.15) is 18.9 Å². The number of nitrogens with zero attached hydrogens (tertiary/aromatic N) is 7. The third kappa shape index (κ3) is 6.81. The van der Waals surface area contributed by atoms with Gasteiger partial charge >= 0.3 is 0 Å². The highest BCUT2D eigenvalue weighted by Gasteiger charge is 2.34. The van der Waals surface area contributed by atoms with Gasteiger partial charge in [0.25, 0.3) is 5.91 Å². The van der Waals surface area contributed by atoms with E-state index in [1.165, 1.54) is 11.8 Å². The number of benzene rings is 1. The number of aliphatic hydroxyl groups excluding tert-OH is 1. The Balaban J connectivity index is 1.11. The number of nitrogens with one attached hydrogen (secondary N) is 1. The highest BCUT2D eigenvalue weighted by Crippen LogP contribution is 2.32. The summed E-state index contributed by atoms with van der Waals surface area (Å²) < 4.78 is 31.8. The number of amides is 1. The van der Waals surface area contributed by atoms with E-state index in [9.17, 15) is 19.6 Å². The predicted molar refractivity (Wildman–Crippen MR) is 167 cm³/mol. The van der Waals surface area contributed by atoms with E-state index in [-0.39, 0.29) is 30.8 Å². The summed E-state index contributed by atoms with van der Waals surface area (Å²) in [5.74, 6) is 1.07. The van der Waals surface area contributed by atoms with Crippen LogP contribution in [0.2, 0.25) is 0 Å². The zero-order valence-electron chi connectivity index (χ0n) is 25.8. The van der Waals surface area contributed by atoms with Gasteiger partial charge in [0.05, 0.1) is 44.2 Å². The van der Waals surface area contributed by atoms with Gasteiger partial charge in [0.2, 0.25) is 11.8 Å². The standard InChI is InChI=1S/C32H37FN8O5/c1-20(42)31(43)41-10-8-28(24(33)17-41)46-27-5-3-21(15-22(27)16-34)25-7-9-35-32(36-25)38-29-6-4-26(30(37-29)44-2)40-13-11-39(12-14-40)23-18-45-19-23/h3-7,9,15,20,23-24,28,42H,8,10-14,17-19H2,1-2H3,(H,35,36,37,38)/t20-,24+,28-/m1/s1. The van der Waals surface area contributed by atoms with Crippen molar-refractivity contribution in [2.75, 3.05) is 69.8 Å². The fourth-order valence-electron chi connectivity index (χ4n) is 5.87. The summed E-state index contributed by atoms with van der Waals surface area (Å²) >= 11 is 0. The van der Waals surface area contributed by atoms with Gasteiger partial charge < -0.3 is 34.4 Å². The summed E-state index contributed by atoms with van der Waals surface area (Å²) in [5.41, 5.74) is 2.37. The Kier molecular flexibility index (Phi) is 9.43. The molecule has 0 radical (unpaired) electrons. The van der Waals surface area contributed by atoms with Crippen molar-refractivity contribution in [3.05, 3.63) is 48.2 Å². The number of anilines is 3. The van der Waals surface area contributed by atoms with Crippen molar-refractivity contribution in [3.8, 4) is 29.0 Å². The number of nitriles is 1. The third-order valence-corrected chi connectivity index (χ3v) is 8.55. The molecule has 0 saturated carbocycles. The molecule has 1 amide bonds. The van der Waals surface area contributed by atoms with Gasteiger partial charge in [0, 0.05) is 50.9 Å². The van der Waals surface area contributed by atoms with Crippen LogP contribution in [0.4, 0.5) is 21.8 Å². The maximum atomic E-state index is 14.9. The van der Waals surface area contributed by atoms with E-state index in [0.717, 1.165) is 45.1 Å². The van der Waals surface area contributed by atoms with Crippen LogP contribution in [-0.2, 0) is 9.53 Å². The quantitative estimate of drug-likeness (QED) is 0.357. The summed E-state index contributed by atoms with van der Waals surface area (Å²) in [7, 11) is 1.60. The number of alkyl halides is 1. The number of piperidine rings is 1. The number of hydrogen-bond donors (Lipinski definition) is 2. The summed E-state index contributed by atoms with van der Waals surface area (Å²) in [4.78, 5) is 31.7. The lowest BCUT2D eigenvalue weighted by Gasteiger charge is -2.43. The molecule has 0 spiro atoms. The fraction of sp³-hybridized carbons (Fsp3) is 0.469. The van der Waals surface area contributed by atoms with Gasteiger partial charge in [-0.3, -0.25) is 9.69 Å². The number of aliphatic hydroxyl groups is 1. The minimum atomic E-state index is -1.46. The topological polar surface area (TPSA) is 149 Å². The van der Waals surface area contributed by atoms with Crippen molar-refractivity contribution in [1.82, 2.24) is 24.8 Å². The average Bonchev–Trinajstić information content (AvgIpc) is 3.05. The maximum absolute atomic E-state index is 14.9. The number of likely N-dealkylation sites (tertiary alicyclic amines) is 1. The monoisotopic (exact) mass is 632 g/mol. The van der Waals surface area contributed by atoms with E-state index < -0.39 is 24.3 Å². The molecule has 3 atom stereocenters. The number of piperazine rings is 1. The second-order valence-electron chi connectivity index (χ2n) is 11.6. The Morgan fingerprint density at radius 1 is 1.15 bits per heavy atom. The molecule has 2 aromatic heterocycles. The van der Waals surface area contributed by atoms with E-state index in [2.05, 4.69) is 36.1 Å². The number of methoxy groups -OCH3 is 1. The summed E-state index contributed by atoms with van der Waals surface area (Å²) in [5, 5.41) is 22.5. The van der Waals surface area contributed by atoms with Crippen LogP contribution in [0.25, 0.3) is 11.3 Å². The van der Waals surface area contributed by atoms with Gasteiger partial charge in [-0.2, -0.15) is 10.2 Å². The Morgan fingerprint density at radius 2 is 1.96 bits per heavy atom. The first-order valence-electron chi connectivity index (χ1n) is 15.4. The molecule has 1 aromatic carbocycles. The van der Waals surface area contributed by atoms with Crippen LogP contribution in [0.15, 0.2) is 42.6 Å². The molecule has 46 heavy (non-hydrogen) atoms. The van der Waals surface area contributed by atoms with Gasteiger partial charge in [-0.15, -0.1) is 0 Å². The molecule has 6 rings (SSSR count). The number of ether oxygens (including phenoxy) is 3. The number of hydrogen-bond acceptors (Lipinski definition) is 12. The highest BCUT2D eigenvalue weighted by molar-refractivity contribution is 5.80. The number of carbonyl (C=O) groups excluding carboxylic acids is 1. The Labute approximate surface area is 266 Å². The van der Waals surface area contributed by atoms with Crippen molar-refractivity contribution in [3.63, 3.8) is 0 Å². The van der Waals surface area contributed by atoms with E-state index in [4.69, 9.17) is 14.2 Å². The van der Waals surface area contributed by atoms with Gasteiger partial charge in [-0.25, -0.2) is 14.4 Å². The second-order valence-corrected chi connectivity index (χ2v) is 11.6. The molecule has 0 unspecified atom stereocenters. The molecule has 3 fully saturated rings. The van der Waals surface area contributed by atoms with Gasteiger partial charge in [-0.05, 0) is 43.3 Å². The van der Waals surface area contributed by atoms with Crippen LogP contribution < -0.4 is 19.7 Å². The number of carbonyl (C=O) groups is 1. The molecular weight excluding hydrogens is 595 g/mol. The van der Waals surface area contributed by atoms with E-state index in [1.807, 2.05) is 12.1 Å². The van der Waals surface area contributed by atoms with Crippen molar-refractivity contribution >= 4 is 23.4 Å². The summed E-state index contributed by atoms with van der Waals surface area (Å²) in [6.07, 6.45) is -1.63. The van der Waals surface area contributed by atoms with Gasteiger partial charge in [0.1, 0.15) is 35.5 Å². The maximum Gasteiger partial charge on any atom is 0.251 e. The van der Waals surface area contributed by atoms with E-state index in [1.54, 1.807) is 37.6 Å². The van der Waals surface area contributed by atoms with Crippen LogP contribution in [-0.4, -0.2) is 120 Å². The first kappa shape index (κ1) is 31.4. The smallest absolute Gasteiger partial charge is 0.251 e. The van der Waals surface area contributed by atoms with Crippen LogP contribution in [0, 0.1) is 11.3 Å². The molecule has 3 aromatic rings. The molecular formula is C32H37FN8O5. The molecule has 242 valence electrons. The molecule has 0 bridgehead atoms. The fourth-order valence-corrected chi connectivity index (χ4v) is 5.87. The van der Waals surface area contributed by atoms with Crippen molar-refractivity contribution in [2.24, 2.45) is 0 Å². The Morgan fingerprint density at radius 3 is 2.63 bits per heavy atom. The number of pyridine rings is 1. The molecule has 5 heterocycles. The third-order valence-electron chi connectivity index (χ3n) is 8.55. The number of aromatic nitrogens is 3. The second kappa shape index (κ2) is 13.8. The largest absolute Gasteiger partial charge is 0.486 e. The number of halogens is 1. The zero-order chi connectivity index (χ0) is 32.2. The van der Waals surface area contributed by atoms with Gasteiger partial charge in [-0.1, -0.05) is 0 Å². The number of rotatable bonds is 9. The average molecular weight is 633 g/mol. The molecule has 3 aliphatic heterocycles. The molecule has 2 N–H and O–H groups in total. The van der Waals surface area contributed by atoms with Crippen molar-refractivity contribution in [2.45, 2.75) is 37.8 Å². The first-order chi connectivity index (χ1) is 22.3. The van der Waals surface area contributed by atoms with Gasteiger partial charge in [0.15, 0.2) is 6.17 Å². The van der Waals surface area contributed by atoms with Crippen molar-refractivity contribution < 1.29 is 28.5 Å². The minimum Gasteiger partial charge on any atom is -0.486 e. The predicted octanol–water partition coefficient (Wildman–Crippen LogP) is 2.38. The normalized spacial score (nSPS) is 21.2. The van der Waals surface area contributed by atoms with Crippen molar-refractivity contribution in [1.29, 1.82) is 5.26 Å². The molecule has 3 aliphatic rings. The zero-order valence-corrected chi connectivity index (χ0v) is 25.8. The SMILES string of the molecule is COc1nc(Nc2nccc(-c3ccc(O[C@@H]4CCN(C(=O)[C@@H](C)O)C[C@@H]4F)c(C#N)c3)n2)ccc1N1CCN(C2COC2)CC1. The van der Waals surface area contributed by atoms with E-state index >= 15 is 0 Å². The molecule has 3 saturated heterocycles. The Bertz CT molecular complexity index is 1590. The van der Waals surface area contributed by atoms with E-state index in [0.29, 0.717) is 34.9 Å². The summed E-state index contributed by atoms with van der Waals surface area (Å²) in [6, 6.07) is 13.2. The lowest BCUT2D eigenvalue weighted by atomic mass is 10.0. The minimum absolute atomic E-state index is 0.178. The Hall–Kier alpha value is -4.58. The van der Waals surface area contributed by atoms with Crippen LogP contribution >= 0.6 is 0 Å². The summed E-state index contributed by atoms with van der Waals surface area (Å²) in [6.45, 7) is 6.72. The van der Waals surface area contributed by atoms with Crippen LogP contribution in [0.5, 0.6) is 11.6 Å². The molecule has 0 aliphatic carbocycles. The molecule has 13 nitrogen and oxygen atoms in total. The molecule has 14 heteroatoms.